The topological polar surface area (TPSA) is 103 Å². The van der Waals surface area contributed by atoms with Crippen LogP contribution in [0, 0.1) is 0 Å². The first-order valence-corrected chi connectivity index (χ1v) is 9.57. The van der Waals surface area contributed by atoms with Crippen LogP contribution in [-0.2, 0) is 14.8 Å². The number of hydrogen-bond acceptors (Lipinski definition) is 7. The highest BCUT2D eigenvalue weighted by atomic mass is 32.2. The van der Waals surface area contributed by atoms with E-state index in [0.717, 1.165) is 11.3 Å². The highest BCUT2D eigenvalue weighted by Crippen LogP contribution is 2.24. The Morgan fingerprint density at radius 3 is 2.92 bits per heavy atom. The molecular formula is C15H15N3O5S2. The molecule has 1 atom stereocenters. The minimum atomic E-state index is -3.90. The Bertz CT molecular complexity index is 896. The monoisotopic (exact) mass is 381 g/mol. The standard InChI is InChI=1S/C15H15N3O5S2/c1-22-15(19)14-13(5-9-24-14)25(20,21)17-10-11(12-4-2-8-23-12)18-7-3-6-16-18/h2-9,11,17H,10H2,1H3/t11-/m0/s1. The molecule has 0 fully saturated rings. The largest absolute Gasteiger partial charge is 0.467 e. The van der Waals surface area contributed by atoms with Crippen molar-refractivity contribution < 1.29 is 22.4 Å². The van der Waals surface area contributed by atoms with Crippen LogP contribution in [0.2, 0.25) is 0 Å². The molecule has 0 saturated carbocycles. The first kappa shape index (κ1) is 17.4. The number of sulfonamides is 1. The van der Waals surface area contributed by atoms with Crippen LogP contribution in [0.4, 0.5) is 0 Å². The Balaban J connectivity index is 1.83. The van der Waals surface area contributed by atoms with Crippen molar-refractivity contribution in [2.45, 2.75) is 10.9 Å². The van der Waals surface area contributed by atoms with E-state index in [1.807, 2.05) is 0 Å². The van der Waals surface area contributed by atoms with Gasteiger partial charge in [0.25, 0.3) is 0 Å². The summed E-state index contributed by atoms with van der Waals surface area (Å²) in [5, 5.41) is 5.67. The summed E-state index contributed by atoms with van der Waals surface area (Å²) in [5.74, 6) is -0.130. The van der Waals surface area contributed by atoms with Crippen LogP contribution >= 0.6 is 11.3 Å². The van der Waals surface area contributed by atoms with E-state index < -0.39 is 22.0 Å². The molecule has 0 bridgehead atoms. The Morgan fingerprint density at radius 1 is 1.44 bits per heavy atom. The van der Waals surface area contributed by atoms with E-state index in [9.17, 15) is 13.2 Å². The van der Waals surface area contributed by atoms with Gasteiger partial charge in [-0.05, 0) is 29.6 Å². The van der Waals surface area contributed by atoms with Gasteiger partial charge in [0.2, 0.25) is 10.0 Å². The van der Waals surface area contributed by atoms with E-state index in [1.165, 1.54) is 24.8 Å². The van der Waals surface area contributed by atoms with Crippen molar-refractivity contribution >= 4 is 27.3 Å². The Morgan fingerprint density at radius 2 is 2.28 bits per heavy atom. The number of esters is 1. The van der Waals surface area contributed by atoms with Crippen LogP contribution in [0.5, 0.6) is 0 Å². The van der Waals surface area contributed by atoms with Gasteiger partial charge in [-0.15, -0.1) is 11.3 Å². The SMILES string of the molecule is COC(=O)c1sccc1S(=O)(=O)NC[C@@H](c1ccco1)n1cccn1. The molecule has 3 rings (SSSR count). The van der Waals surface area contributed by atoms with Crippen LogP contribution in [0.25, 0.3) is 0 Å². The molecule has 0 saturated heterocycles. The molecule has 8 nitrogen and oxygen atoms in total. The molecule has 3 heterocycles. The van der Waals surface area contributed by atoms with Gasteiger partial charge in [-0.25, -0.2) is 17.9 Å². The summed E-state index contributed by atoms with van der Waals surface area (Å²) in [4.78, 5) is 11.6. The third-order valence-electron chi connectivity index (χ3n) is 3.47. The summed E-state index contributed by atoms with van der Waals surface area (Å²) in [6.07, 6.45) is 4.82. The summed E-state index contributed by atoms with van der Waals surface area (Å²) in [6, 6.07) is 6.10. The Kier molecular flexibility index (Phi) is 5.02. The number of carbonyl (C=O) groups is 1. The van der Waals surface area contributed by atoms with Gasteiger partial charge in [-0.3, -0.25) is 4.68 Å². The lowest BCUT2D eigenvalue weighted by Crippen LogP contribution is -2.32. The van der Waals surface area contributed by atoms with E-state index >= 15 is 0 Å². The molecule has 1 N–H and O–H groups in total. The van der Waals surface area contributed by atoms with Gasteiger partial charge in [0.15, 0.2) is 0 Å². The summed E-state index contributed by atoms with van der Waals surface area (Å²) in [5.41, 5.74) is 0. The van der Waals surface area contributed by atoms with Crippen molar-refractivity contribution in [3.63, 3.8) is 0 Å². The predicted octanol–water partition coefficient (Wildman–Crippen LogP) is 1.89. The minimum Gasteiger partial charge on any atom is -0.467 e. The molecule has 0 aliphatic carbocycles. The third kappa shape index (κ3) is 3.65. The molecule has 132 valence electrons. The predicted molar refractivity (Wildman–Crippen MR) is 89.9 cm³/mol. The average Bonchev–Trinajstić information content (AvgIpc) is 3.34. The van der Waals surface area contributed by atoms with Crippen molar-refractivity contribution in [2.24, 2.45) is 0 Å². The lowest BCUT2D eigenvalue weighted by Gasteiger charge is -2.16. The second-order valence-corrected chi connectivity index (χ2v) is 7.63. The number of carbonyl (C=O) groups excluding carboxylic acids is 1. The maximum absolute atomic E-state index is 12.6. The zero-order chi connectivity index (χ0) is 17.9. The maximum atomic E-state index is 12.6. The number of furan rings is 1. The van der Waals surface area contributed by atoms with Gasteiger partial charge in [0.1, 0.15) is 21.6 Å². The quantitative estimate of drug-likeness (QED) is 0.627. The molecular weight excluding hydrogens is 366 g/mol. The second-order valence-electron chi connectivity index (χ2n) is 4.97. The second kappa shape index (κ2) is 7.21. The summed E-state index contributed by atoms with van der Waals surface area (Å²) < 4.78 is 39.3. The first-order chi connectivity index (χ1) is 12.0. The van der Waals surface area contributed by atoms with Crippen molar-refractivity contribution in [1.82, 2.24) is 14.5 Å². The molecule has 10 heteroatoms. The highest BCUT2D eigenvalue weighted by molar-refractivity contribution is 7.89. The molecule has 3 aromatic rings. The fraction of sp³-hybridized carbons (Fsp3) is 0.200. The third-order valence-corrected chi connectivity index (χ3v) is 5.96. The number of methoxy groups -OCH3 is 1. The van der Waals surface area contributed by atoms with Gasteiger partial charge in [-0.2, -0.15) is 5.10 Å². The fourth-order valence-corrected chi connectivity index (χ4v) is 4.66. The zero-order valence-corrected chi connectivity index (χ0v) is 14.8. The van der Waals surface area contributed by atoms with Crippen LogP contribution in [0.1, 0.15) is 21.5 Å². The first-order valence-electron chi connectivity index (χ1n) is 7.21. The number of thiophene rings is 1. The summed E-state index contributed by atoms with van der Waals surface area (Å²) in [6.45, 7) is 0.00792. The number of nitrogens with one attached hydrogen (secondary N) is 1. The van der Waals surface area contributed by atoms with E-state index in [1.54, 1.807) is 35.3 Å². The molecule has 3 aromatic heterocycles. The van der Waals surface area contributed by atoms with Crippen LogP contribution < -0.4 is 4.72 Å². The van der Waals surface area contributed by atoms with Crippen LogP contribution in [-0.4, -0.2) is 37.8 Å². The van der Waals surface area contributed by atoms with Gasteiger partial charge in [0, 0.05) is 18.9 Å². The number of rotatable bonds is 7. The normalized spacial score (nSPS) is 12.8. The average molecular weight is 381 g/mol. The summed E-state index contributed by atoms with van der Waals surface area (Å²) >= 11 is 1.01. The minimum absolute atomic E-state index is 0.00792. The van der Waals surface area contributed by atoms with E-state index in [0.29, 0.717) is 5.76 Å². The lowest BCUT2D eigenvalue weighted by molar-refractivity contribution is 0.0602. The Hall–Kier alpha value is -2.43. The number of ether oxygens (including phenoxy) is 1. The molecule has 0 aliphatic heterocycles. The van der Waals surface area contributed by atoms with E-state index in [2.05, 4.69) is 14.6 Å². The van der Waals surface area contributed by atoms with Crippen molar-refractivity contribution in [2.75, 3.05) is 13.7 Å². The lowest BCUT2D eigenvalue weighted by atomic mass is 10.2. The molecule has 0 aromatic carbocycles. The van der Waals surface area contributed by atoms with Gasteiger partial charge >= 0.3 is 5.97 Å². The Labute approximate surface area is 148 Å². The van der Waals surface area contributed by atoms with Crippen molar-refractivity contribution in [3.05, 3.63) is 58.9 Å². The number of aromatic nitrogens is 2. The number of hydrogen-bond donors (Lipinski definition) is 1. The van der Waals surface area contributed by atoms with Crippen LogP contribution in [0.3, 0.4) is 0 Å². The maximum Gasteiger partial charge on any atom is 0.349 e. The molecule has 0 amide bonds. The van der Waals surface area contributed by atoms with Crippen molar-refractivity contribution in [1.29, 1.82) is 0 Å². The zero-order valence-electron chi connectivity index (χ0n) is 13.2. The summed E-state index contributed by atoms with van der Waals surface area (Å²) in [7, 11) is -2.70. The molecule has 0 spiro atoms. The highest BCUT2D eigenvalue weighted by Gasteiger charge is 2.26. The van der Waals surface area contributed by atoms with Gasteiger partial charge in [-0.1, -0.05) is 0 Å². The van der Waals surface area contributed by atoms with Gasteiger partial charge in [0.05, 0.1) is 13.4 Å². The van der Waals surface area contributed by atoms with E-state index in [-0.39, 0.29) is 16.3 Å². The molecule has 0 unspecified atom stereocenters. The number of nitrogens with zero attached hydrogens (tertiary/aromatic N) is 2. The van der Waals surface area contributed by atoms with Crippen molar-refractivity contribution in [3.8, 4) is 0 Å². The molecule has 0 aliphatic rings. The van der Waals surface area contributed by atoms with Crippen LogP contribution in [0.15, 0.2) is 57.6 Å². The molecule has 0 radical (unpaired) electrons. The smallest absolute Gasteiger partial charge is 0.349 e. The fourth-order valence-electron chi connectivity index (χ4n) is 2.29. The van der Waals surface area contributed by atoms with E-state index in [4.69, 9.17) is 4.42 Å². The van der Waals surface area contributed by atoms with Gasteiger partial charge < -0.3 is 9.15 Å². The molecule has 25 heavy (non-hydrogen) atoms.